The molecule has 6 nitrogen and oxygen atoms in total. The van der Waals surface area contributed by atoms with Gasteiger partial charge in [-0.25, -0.2) is 18.1 Å². The summed E-state index contributed by atoms with van der Waals surface area (Å²) in [6.07, 6.45) is 2.29. The van der Waals surface area contributed by atoms with Crippen LogP contribution in [-0.2, 0) is 14.8 Å². The summed E-state index contributed by atoms with van der Waals surface area (Å²) in [6, 6.07) is 1.45. The van der Waals surface area contributed by atoms with E-state index in [-0.39, 0.29) is 16.6 Å². The van der Waals surface area contributed by atoms with Crippen molar-refractivity contribution in [2.24, 2.45) is 0 Å². The number of rotatable bonds is 4. The van der Waals surface area contributed by atoms with Crippen LogP contribution in [0, 0.1) is 6.92 Å². The molecule has 1 fully saturated rings. The first-order valence-corrected chi connectivity index (χ1v) is 8.10. The van der Waals surface area contributed by atoms with Gasteiger partial charge in [0.1, 0.15) is 10.0 Å². The molecule has 2 N–H and O–H groups in total. The van der Waals surface area contributed by atoms with E-state index in [0.29, 0.717) is 31.6 Å². The molecule has 0 unspecified atom stereocenters. The monoisotopic (exact) mass is 320 g/mol. The van der Waals surface area contributed by atoms with E-state index in [2.05, 4.69) is 9.71 Å². The number of aromatic nitrogens is 1. The lowest BCUT2D eigenvalue weighted by Crippen LogP contribution is -2.46. The van der Waals surface area contributed by atoms with Crippen LogP contribution in [-0.4, -0.2) is 43.9 Å². The topological polar surface area (TPSA) is 88.5 Å². The molecule has 8 heteroatoms. The number of halogens is 1. The summed E-state index contributed by atoms with van der Waals surface area (Å²) in [5.41, 5.74) is -0.380. The number of ether oxygens (including phenoxy) is 1. The maximum absolute atomic E-state index is 12.2. The van der Waals surface area contributed by atoms with Crippen LogP contribution in [0.2, 0.25) is 5.15 Å². The number of hydrogen-bond donors (Lipinski definition) is 2. The molecule has 0 bridgehead atoms. The highest BCUT2D eigenvalue weighted by Gasteiger charge is 2.32. The third-order valence-corrected chi connectivity index (χ3v) is 5.08. The molecule has 1 saturated heterocycles. The van der Waals surface area contributed by atoms with Crippen molar-refractivity contribution < 1.29 is 18.3 Å². The number of aryl methyl sites for hydroxylation is 1. The molecular weight excluding hydrogens is 304 g/mol. The second-order valence-electron chi connectivity index (χ2n) is 4.96. The maximum Gasteiger partial charge on any atom is 0.243 e. The Bertz CT molecular complexity index is 585. The first-order valence-electron chi connectivity index (χ1n) is 6.24. The minimum Gasteiger partial charge on any atom is -0.388 e. The highest BCUT2D eigenvalue weighted by Crippen LogP contribution is 2.22. The SMILES string of the molecule is Cc1cnc(Cl)c(S(=O)(=O)NCC2(O)CCOCC2)c1. The average Bonchev–Trinajstić information content (AvgIpc) is 2.40. The van der Waals surface area contributed by atoms with Gasteiger partial charge >= 0.3 is 0 Å². The zero-order chi connectivity index (χ0) is 14.8. The molecule has 1 aliphatic rings. The summed E-state index contributed by atoms with van der Waals surface area (Å²) >= 11 is 5.82. The number of pyridine rings is 1. The molecule has 0 aliphatic carbocycles. The smallest absolute Gasteiger partial charge is 0.243 e. The Balaban J connectivity index is 2.13. The van der Waals surface area contributed by atoms with Gasteiger partial charge in [-0.15, -0.1) is 0 Å². The lowest BCUT2D eigenvalue weighted by Gasteiger charge is -2.31. The van der Waals surface area contributed by atoms with Crippen LogP contribution in [0.4, 0.5) is 0 Å². The van der Waals surface area contributed by atoms with E-state index in [1.54, 1.807) is 6.92 Å². The largest absolute Gasteiger partial charge is 0.388 e. The first-order chi connectivity index (χ1) is 9.32. The summed E-state index contributed by atoms with van der Waals surface area (Å²) in [4.78, 5) is 3.75. The Morgan fingerprint density at radius 3 is 2.80 bits per heavy atom. The van der Waals surface area contributed by atoms with Crippen molar-refractivity contribution in [1.29, 1.82) is 0 Å². The summed E-state index contributed by atoms with van der Waals surface area (Å²) in [7, 11) is -3.80. The summed E-state index contributed by atoms with van der Waals surface area (Å²) < 4.78 is 32.0. The molecule has 0 spiro atoms. The molecule has 2 rings (SSSR count). The van der Waals surface area contributed by atoms with E-state index in [0.717, 1.165) is 0 Å². The minimum atomic E-state index is -3.80. The lowest BCUT2D eigenvalue weighted by atomic mass is 9.95. The van der Waals surface area contributed by atoms with E-state index in [9.17, 15) is 13.5 Å². The Kier molecular flexibility index (Phi) is 4.66. The maximum atomic E-state index is 12.2. The van der Waals surface area contributed by atoms with E-state index in [4.69, 9.17) is 16.3 Å². The van der Waals surface area contributed by atoms with Crippen LogP contribution in [0.1, 0.15) is 18.4 Å². The molecule has 0 atom stereocenters. The van der Waals surface area contributed by atoms with E-state index in [1.807, 2.05) is 0 Å². The predicted octanol–water partition coefficient (Wildman–Crippen LogP) is 0.863. The van der Waals surface area contributed by atoms with Crippen molar-refractivity contribution in [3.8, 4) is 0 Å². The molecule has 20 heavy (non-hydrogen) atoms. The van der Waals surface area contributed by atoms with Crippen LogP contribution in [0.5, 0.6) is 0 Å². The Labute approximate surface area is 123 Å². The standard InChI is InChI=1S/C12H17ClN2O4S/c1-9-6-10(11(13)14-7-9)20(17,18)15-8-12(16)2-4-19-5-3-12/h6-7,15-16H,2-5,8H2,1H3. The highest BCUT2D eigenvalue weighted by molar-refractivity contribution is 7.89. The Morgan fingerprint density at radius 2 is 2.15 bits per heavy atom. The van der Waals surface area contributed by atoms with Gasteiger partial charge in [0.15, 0.2) is 0 Å². The molecule has 0 aromatic carbocycles. The van der Waals surface area contributed by atoms with E-state index in [1.165, 1.54) is 12.3 Å². The third kappa shape index (κ3) is 3.67. The number of sulfonamides is 1. The number of nitrogens with one attached hydrogen (secondary N) is 1. The van der Waals surface area contributed by atoms with Gasteiger partial charge in [-0.2, -0.15) is 0 Å². The predicted molar refractivity (Wildman–Crippen MR) is 74.2 cm³/mol. The fourth-order valence-electron chi connectivity index (χ4n) is 1.95. The van der Waals surface area contributed by atoms with Gasteiger partial charge in [0.05, 0.1) is 5.60 Å². The normalized spacial score (nSPS) is 18.9. The van der Waals surface area contributed by atoms with Crippen LogP contribution >= 0.6 is 11.6 Å². The molecular formula is C12H17ClN2O4S. The van der Waals surface area contributed by atoms with Crippen molar-refractivity contribution in [2.45, 2.75) is 30.3 Å². The fourth-order valence-corrected chi connectivity index (χ4v) is 3.59. The van der Waals surface area contributed by atoms with Crippen LogP contribution < -0.4 is 4.72 Å². The van der Waals surface area contributed by atoms with Gasteiger partial charge in [-0.1, -0.05) is 11.6 Å². The van der Waals surface area contributed by atoms with E-state index < -0.39 is 15.6 Å². The minimum absolute atomic E-state index is 0.0665. The molecule has 1 aromatic heterocycles. The van der Waals surface area contributed by atoms with Gasteiger partial charge in [0.2, 0.25) is 10.0 Å². The molecule has 0 radical (unpaired) electrons. The average molecular weight is 321 g/mol. The molecule has 0 amide bonds. The second-order valence-corrected chi connectivity index (χ2v) is 7.06. The quantitative estimate of drug-likeness (QED) is 0.803. The third-order valence-electron chi connectivity index (χ3n) is 3.25. The number of aliphatic hydroxyl groups is 1. The zero-order valence-corrected chi connectivity index (χ0v) is 12.7. The van der Waals surface area contributed by atoms with Crippen molar-refractivity contribution in [1.82, 2.24) is 9.71 Å². The second kappa shape index (κ2) is 5.95. The Morgan fingerprint density at radius 1 is 1.50 bits per heavy atom. The van der Waals surface area contributed by atoms with Gasteiger partial charge in [-0.05, 0) is 18.6 Å². The van der Waals surface area contributed by atoms with Crippen molar-refractivity contribution in [3.63, 3.8) is 0 Å². The van der Waals surface area contributed by atoms with Crippen molar-refractivity contribution in [3.05, 3.63) is 23.0 Å². The zero-order valence-electron chi connectivity index (χ0n) is 11.1. The molecule has 0 saturated carbocycles. The van der Waals surface area contributed by atoms with Crippen LogP contribution in [0.25, 0.3) is 0 Å². The molecule has 1 aliphatic heterocycles. The highest BCUT2D eigenvalue weighted by atomic mass is 35.5. The molecule has 112 valence electrons. The molecule has 1 aromatic rings. The summed E-state index contributed by atoms with van der Waals surface area (Å²) in [6.45, 7) is 2.51. The summed E-state index contributed by atoms with van der Waals surface area (Å²) in [5.74, 6) is 0. The van der Waals surface area contributed by atoms with E-state index >= 15 is 0 Å². The number of hydrogen-bond acceptors (Lipinski definition) is 5. The van der Waals surface area contributed by atoms with Gasteiger partial charge < -0.3 is 9.84 Å². The van der Waals surface area contributed by atoms with Crippen molar-refractivity contribution in [2.75, 3.05) is 19.8 Å². The number of nitrogens with zero attached hydrogens (tertiary/aromatic N) is 1. The van der Waals surface area contributed by atoms with Crippen LogP contribution in [0.3, 0.4) is 0 Å². The van der Waals surface area contributed by atoms with Crippen LogP contribution in [0.15, 0.2) is 17.2 Å². The first kappa shape index (κ1) is 15.7. The fraction of sp³-hybridized carbons (Fsp3) is 0.583. The Hall–Kier alpha value is -0.730. The van der Waals surface area contributed by atoms with Crippen molar-refractivity contribution >= 4 is 21.6 Å². The summed E-state index contributed by atoms with van der Waals surface area (Å²) in [5, 5.41) is 10.2. The lowest BCUT2D eigenvalue weighted by molar-refractivity contribution is -0.0588. The molecule has 2 heterocycles. The van der Waals surface area contributed by atoms with Gasteiger partial charge in [0, 0.05) is 38.8 Å². The van der Waals surface area contributed by atoms with Gasteiger partial charge in [0.25, 0.3) is 0 Å². The van der Waals surface area contributed by atoms with Gasteiger partial charge in [-0.3, -0.25) is 0 Å².